The van der Waals surface area contributed by atoms with Gasteiger partial charge in [-0.3, -0.25) is 9.47 Å². The molecule has 0 radical (unpaired) electrons. The lowest BCUT2D eigenvalue weighted by molar-refractivity contribution is 0.473. The van der Waals surface area contributed by atoms with Gasteiger partial charge in [0.2, 0.25) is 0 Å². The topological polar surface area (TPSA) is 54.2 Å². The van der Waals surface area contributed by atoms with E-state index in [9.17, 15) is 5.11 Å². The molecule has 5 heteroatoms. The first-order valence-electron chi connectivity index (χ1n) is 12.8. The fourth-order valence-corrected chi connectivity index (χ4v) is 5.18. The van der Waals surface area contributed by atoms with Crippen LogP contribution in [0.2, 0.25) is 0 Å². The van der Waals surface area contributed by atoms with Crippen LogP contribution in [-0.4, -0.2) is 19.6 Å². The molecule has 0 atom stereocenters. The van der Waals surface area contributed by atoms with Crippen molar-refractivity contribution in [2.45, 2.75) is 0 Å². The van der Waals surface area contributed by atoms with Crippen molar-refractivity contribution in [3.8, 4) is 22.7 Å². The molecule has 186 valence electrons. The number of nitrogens with zero attached hydrogens (tertiary/aromatic N) is 4. The number of para-hydroxylation sites is 4. The van der Waals surface area contributed by atoms with E-state index in [1.54, 1.807) is 6.07 Å². The molecule has 7 rings (SSSR count). The van der Waals surface area contributed by atoms with Crippen molar-refractivity contribution in [1.29, 1.82) is 0 Å². The first-order valence-corrected chi connectivity index (χ1v) is 12.8. The molecule has 0 spiro atoms. The van der Waals surface area contributed by atoms with Gasteiger partial charge in [0.25, 0.3) is 0 Å². The van der Waals surface area contributed by atoms with Gasteiger partial charge in [-0.15, -0.1) is 0 Å². The Kier molecular flexibility index (Phi) is 5.52. The molecule has 0 bridgehead atoms. The fraction of sp³-hybridized carbons (Fsp3) is 0. The van der Waals surface area contributed by atoms with Gasteiger partial charge in [-0.25, -0.2) is 9.97 Å². The van der Waals surface area contributed by atoms with E-state index >= 15 is 0 Å². The monoisotopic (exact) mass is 504 g/mol. The summed E-state index contributed by atoms with van der Waals surface area (Å²) in [5.41, 5.74) is 6.34. The second-order valence-electron chi connectivity index (χ2n) is 9.32. The number of aromatic nitrogens is 3. The third-order valence-corrected chi connectivity index (χ3v) is 6.94. The van der Waals surface area contributed by atoms with Gasteiger partial charge in [0.1, 0.15) is 17.2 Å². The van der Waals surface area contributed by atoms with E-state index in [0.29, 0.717) is 5.69 Å². The van der Waals surface area contributed by atoms with Gasteiger partial charge in [-0.05, 0) is 66.7 Å². The van der Waals surface area contributed by atoms with Gasteiger partial charge < -0.3 is 5.11 Å². The minimum Gasteiger partial charge on any atom is -0.506 e. The van der Waals surface area contributed by atoms with E-state index in [1.807, 2.05) is 83.6 Å². The molecule has 1 N–H and O–H groups in total. The normalized spacial score (nSPS) is 11.2. The molecule has 0 aliphatic heterocycles. The Morgan fingerprint density at radius 3 is 2.23 bits per heavy atom. The lowest BCUT2D eigenvalue weighted by Crippen LogP contribution is -2.11. The van der Waals surface area contributed by atoms with E-state index in [-0.39, 0.29) is 5.75 Å². The molecular weight excluding hydrogens is 480 g/mol. The van der Waals surface area contributed by atoms with Crippen LogP contribution in [0.15, 0.2) is 140 Å². The maximum atomic E-state index is 10.7. The summed E-state index contributed by atoms with van der Waals surface area (Å²) < 4.78 is 2.04. The second kappa shape index (κ2) is 9.47. The van der Waals surface area contributed by atoms with E-state index in [4.69, 9.17) is 4.98 Å². The van der Waals surface area contributed by atoms with E-state index in [1.165, 1.54) is 0 Å². The van der Waals surface area contributed by atoms with Crippen LogP contribution in [-0.2, 0) is 0 Å². The highest BCUT2D eigenvalue weighted by Gasteiger charge is 2.18. The van der Waals surface area contributed by atoms with Gasteiger partial charge in [-0.1, -0.05) is 66.7 Å². The number of fused-ring (bicyclic) bond motifs is 3. The zero-order chi connectivity index (χ0) is 26.2. The number of anilines is 3. The van der Waals surface area contributed by atoms with Crippen LogP contribution < -0.4 is 4.90 Å². The highest BCUT2D eigenvalue weighted by Crippen LogP contribution is 2.37. The van der Waals surface area contributed by atoms with Crippen molar-refractivity contribution in [3.63, 3.8) is 0 Å². The number of aromatic hydroxyl groups is 1. The first-order chi connectivity index (χ1) is 19.3. The lowest BCUT2D eigenvalue weighted by atomic mass is 10.1. The molecule has 0 fully saturated rings. The Morgan fingerprint density at radius 2 is 1.38 bits per heavy atom. The zero-order valence-corrected chi connectivity index (χ0v) is 21.0. The molecule has 7 aromatic rings. The molecule has 0 saturated carbocycles. The molecule has 39 heavy (non-hydrogen) atoms. The first kappa shape index (κ1) is 22.8. The number of phenols is 1. The van der Waals surface area contributed by atoms with Gasteiger partial charge in [0, 0.05) is 33.9 Å². The van der Waals surface area contributed by atoms with Crippen molar-refractivity contribution in [1.82, 2.24) is 14.5 Å². The Bertz CT molecular complexity index is 1890. The summed E-state index contributed by atoms with van der Waals surface area (Å²) >= 11 is 0. The van der Waals surface area contributed by atoms with Crippen LogP contribution in [0, 0.1) is 0 Å². The molecule has 3 aromatic heterocycles. The van der Waals surface area contributed by atoms with Gasteiger partial charge in [0.15, 0.2) is 0 Å². The van der Waals surface area contributed by atoms with Crippen molar-refractivity contribution in [3.05, 3.63) is 140 Å². The van der Waals surface area contributed by atoms with E-state index in [0.717, 1.165) is 50.4 Å². The zero-order valence-electron chi connectivity index (χ0n) is 21.0. The molecule has 0 aliphatic rings. The number of pyridine rings is 2. The predicted octanol–water partition coefficient (Wildman–Crippen LogP) is 8.42. The summed E-state index contributed by atoms with van der Waals surface area (Å²) in [7, 11) is 0. The quantitative estimate of drug-likeness (QED) is 0.256. The maximum Gasteiger partial charge on any atom is 0.146 e. The highest BCUT2D eigenvalue weighted by atomic mass is 16.3. The third-order valence-electron chi connectivity index (χ3n) is 6.94. The molecule has 0 saturated heterocycles. The van der Waals surface area contributed by atoms with Crippen LogP contribution in [0.3, 0.4) is 0 Å². The number of phenolic OH excluding ortho intramolecular Hbond substituents is 1. The maximum absolute atomic E-state index is 10.7. The third kappa shape index (κ3) is 3.97. The van der Waals surface area contributed by atoms with Crippen LogP contribution in [0.1, 0.15) is 0 Å². The van der Waals surface area contributed by atoms with Crippen molar-refractivity contribution >= 4 is 39.1 Å². The SMILES string of the molecule is Oc1ccccc1-n1c2ccccc2c2ccc(-c3cccc(N(c4ccccc4)c4ccccn4)c3)nc21. The fourth-order valence-electron chi connectivity index (χ4n) is 5.18. The summed E-state index contributed by atoms with van der Waals surface area (Å²) in [6.07, 6.45) is 1.81. The molecule has 4 aromatic carbocycles. The largest absolute Gasteiger partial charge is 0.506 e. The predicted molar refractivity (Wildman–Crippen MR) is 158 cm³/mol. The number of benzene rings is 4. The summed E-state index contributed by atoms with van der Waals surface area (Å²) in [6.45, 7) is 0. The Labute approximate surface area is 225 Å². The molecule has 0 amide bonds. The van der Waals surface area contributed by atoms with Gasteiger partial charge in [0.05, 0.1) is 16.9 Å². The number of hydrogen-bond acceptors (Lipinski definition) is 4. The average molecular weight is 505 g/mol. The van der Waals surface area contributed by atoms with Crippen LogP contribution in [0.5, 0.6) is 5.75 Å². The second-order valence-corrected chi connectivity index (χ2v) is 9.32. The Balaban J connectivity index is 1.41. The summed E-state index contributed by atoms with van der Waals surface area (Å²) in [5, 5.41) is 12.9. The Hall–Kier alpha value is -5.42. The summed E-state index contributed by atoms with van der Waals surface area (Å²) in [5.74, 6) is 1.05. The van der Waals surface area contributed by atoms with Gasteiger partial charge >= 0.3 is 0 Å². The number of rotatable bonds is 5. The summed E-state index contributed by atoms with van der Waals surface area (Å²) in [6, 6.07) is 44.3. The highest BCUT2D eigenvalue weighted by molar-refractivity contribution is 6.08. The van der Waals surface area contributed by atoms with Crippen LogP contribution in [0.4, 0.5) is 17.2 Å². The molecular formula is C34H24N4O. The molecule has 5 nitrogen and oxygen atoms in total. The smallest absolute Gasteiger partial charge is 0.146 e. The molecule has 0 aliphatic carbocycles. The number of hydrogen-bond donors (Lipinski definition) is 1. The molecule has 0 unspecified atom stereocenters. The standard InChI is InChI=1S/C34H24N4O/c39-32-18-7-6-17-31(32)38-30-16-5-4-15-27(30)28-20-21-29(36-34(28)38)24-11-10-14-26(23-24)37(25-12-2-1-3-13-25)33-19-8-9-22-35-33/h1-23,39H. The molecule has 3 heterocycles. The van der Waals surface area contributed by atoms with Gasteiger partial charge in [-0.2, -0.15) is 0 Å². The van der Waals surface area contributed by atoms with Crippen LogP contribution in [0.25, 0.3) is 38.9 Å². The van der Waals surface area contributed by atoms with E-state index < -0.39 is 0 Å². The lowest BCUT2D eigenvalue weighted by Gasteiger charge is -2.24. The van der Waals surface area contributed by atoms with Crippen LogP contribution >= 0.6 is 0 Å². The minimum absolute atomic E-state index is 0.211. The van der Waals surface area contributed by atoms with Crippen molar-refractivity contribution in [2.75, 3.05) is 4.90 Å². The minimum atomic E-state index is 0.211. The summed E-state index contributed by atoms with van der Waals surface area (Å²) in [4.78, 5) is 11.9. The average Bonchev–Trinajstić information content (AvgIpc) is 3.32. The Morgan fingerprint density at radius 1 is 0.615 bits per heavy atom. The van der Waals surface area contributed by atoms with Crippen molar-refractivity contribution in [2.24, 2.45) is 0 Å². The van der Waals surface area contributed by atoms with E-state index in [2.05, 4.69) is 64.5 Å². The van der Waals surface area contributed by atoms with Crippen molar-refractivity contribution < 1.29 is 5.11 Å².